The van der Waals surface area contributed by atoms with Gasteiger partial charge in [-0.2, -0.15) is 0 Å². The number of rotatable bonds is 6. The molecule has 0 amide bonds. The summed E-state index contributed by atoms with van der Waals surface area (Å²) in [6.07, 6.45) is 4.52. The minimum atomic E-state index is -0.352. The largest absolute Gasteiger partial charge is 0.387 e. The Morgan fingerprint density at radius 1 is 1.25 bits per heavy atom. The first-order valence-corrected chi connectivity index (χ1v) is 8.11. The summed E-state index contributed by atoms with van der Waals surface area (Å²) in [5.74, 6) is 0.681. The average Bonchev–Trinajstić information content (AvgIpc) is 2.86. The van der Waals surface area contributed by atoms with Crippen molar-refractivity contribution in [1.82, 2.24) is 4.90 Å². The Labute approximate surface area is 123 Å². The molecule has 1 fully saturated rings. The standard InChI is InChI=1S/C18H29NO/c1-4-17-6-5-11-19(17)13-18(20)16-9-7-15(8-10-16)12-14(2)3/h7-10,14,17-18,20H,4-6,11-13H2,1-3H3. The van der Waals surface area contributed by atoms with Gasteiger partial charge in [0.05, 0.1) is 6.10 Å². The molecule has 112 valence electrons. The lowest BCUT2D eigenvalue weighted by molar-refractivity contribution is 0.105. The maximum absolute atomic E-state index is 10.4. The minimum Gasteiger partial charge on any atom is -0.387 e. The maximum atomic E-state index is 10.4. The van der Waals surface area contributed by atoms with E-state index in [2.05, 4.69) is 49.9 Å². The van der Waals surface area contributed by atoms with Gasteiger partial charge in [0.1, 0.15) is 0 Å². The fraction of sp³-hybridized carbons (Fsp3) is 0.667. The highest BCUT2D eigenvalue weighted by molar-refractivity contribution is 5.24. The van der Waals surface area contributed by atoms with Gasteiger partial charge in [0.15, 0.2) is 0 Å². The van der Waals surface area contributed by atoms with Crippen LogP contribution in [0.25, 0.3) is 0 Å². The van der Waals surface area contributed by atoms with Crippen LogP contribution in [0.1, 0.15) is 57.3 Å². The van der Waals surface area contributed by atoms with Crippen LogP contribution >= 0.6 is 0 Å². The monoisotopic (exact) mass is 275 g/mol. The van der Waals surface area contributed by atoms with Crippen LogP contribution in [-0.2, 0) is 6.42 Å². The summed E-state index contributed by atoms with van der Waals surface area (Å²) in [7, 11) is 0. The highest BCUT2D eigenvalue weighted by atomic mass is 16.3. The molecule has 0 bridgehead atoms. The van der Waals surface area contributed by atoms with Gasteiger partial charge in [-0.15, -0.1) is 0 Å². The normalized spacial score (nSPS) is 21.6. The zero-order chi connectivity index (χ0) is 14.5. The van der Waals surface area contributed by atoms with Gasteiger partial charge in [-0.05, 0) is 49.3 Å². The Morgan fingerprint density at radius 2 is 1.95 bits per heavy atom. The van der Waals surface area contributed by atoms with E-state index in [-0.39, 0.29) is 6.10 Å². The van der Waals surface area contributed by atoms with Crippen molar-refractivity contribution in [3.63, 3.8) is 0 Å². The van der Waals surface area contributed by atoms with Crippen molar-refractivity contribution in [2.45, 2.75) is 58.6 Å². The van der Waals surface area contributed by atoms with E-state index in [1.165, 1.54) is 24.8 Å². The van der Waals surface area contributed by atoms with Crippen LogP contribution in [0.4, 0.5) is 0 Å². The molecule has 1 aliphatic heterocycles. The molecule has 1 aromatic carbocycles. The van der Waals surface area contributed by atoms with Gasteiger partial charge in [-0.25, -0.2) is 0 Å². The number of aliphatic hydroxyl groups is 1. The summed E-state index contributed by atoms with van der Waals surface area (Å²) in [4.78, 5) is 2.45. The van der Waals surface area contributed by atoms with E-state index >= 15 is 0 Å². The number of likely N-dealkylation sites (tertiary alicyclic amines) is 1. The van der Waals surface area contributed by atoms with Crippen LogP contribution in [0.3, 0.4) is 0 Å². The lowest BCUT2D eigenvalue weighted by atomic mass is 10.00. The van der Waals surface area contributed by atoms with Crippen molar-refractivity contribution in [2.75, 3.05) is 13.1 Å². The van der Waals surface area contributed by atoms with Crippen molar-refractivity contribution in [3.05, 3.63) is 35.4 Å². The number of hydrogen-bond acceptors (Lipinski definition) is 2. The fourth-order valence-corrected chi connectivity index (χ4v) is 3.27. The van der Waals surface area contributed by atoms with E-state index in [1.807, 2.05) is 0 Å². The second kappa shape index (κ2) is 7.24. The zero-order valence-corrected chi connectivity index (χ0v) is 13.2. The van der Waals surface area contributed by atoms with Gasteiger partial charge in [-0.3, -0.25) is 4.90 Å². The summed E-state index contributed by atoms with van der Waals surface area (Å²) in [5, 5.41) is 10.4. The van der Waals surface area contributed by atoms with Crippen molar-refractivity contribution in [3.8, 4) is 0 Å². The van der Waals surface area contributed by atoms with Gasteiger partial charge in [0.25, 0.3) is 0 Å². The lowest BCUT2D eigenvalue weighted by Gasteiger charge is -2.26. The molecular weight excluding hydrogens is 246 g/mol. The Bertz CT molecular complexity index is 398. The molecule has 2 heteroatoms. The van der Waals surface area contributed by atoms with Gasteiger partial charge in [0.2, 0.25) is 0 Å². The third-order valence-electron chi connectivity index (χ3n) is 4.39. The van der Waals surface area contributed by atoms with E-state index in [4.69, 9.17) is 0 Å². The number of hydrogen-bond donors (Lipinski definition) is 1. The molecule has 1 aliphatic rings. The molecule has 1 saturated heterocycles. The molecule has 0 aliphatic carbocycles. The van der Waals surface area contributed by atoms with Crippen LogP contribution in [-0.4, -0.2) is 29.1 Å². The molecule has 0 saturated carbocycles. The molecule has 2 rings (SSSR count). The first-order chi connectivity index (χ1) is 9.60. The minimum absolute atomic E-state index is 0.352. The molecule has 1 N–H and O–H groups in total. The Balaban J connectivity index is 1.93. The van der Waals surface area contributed by atoms with E-state index in [9.17, 15) is 5.11 Å². The van der Waals surface area contributed by atoms with E-state index in [0.29, 0.717) is 12.0 Å². The van der Waals surface area contributed by atoms with Crippen LogP contribution in [0.15, 0.2) is 24.3 Å². The Hall–Kier alpha value is -0.860. The summed E-state index contributed by atoms with van der Waals surface area (Å²) in [5.41, 5.74) is 2.42. The van der Waals surface area contributed by atoms with Crippen molar-refractivity contribution >= 4 is 0 Å². The summed E-state index contributed by atoms with van der Waals surface area (Å²) < 4.78 is 0. The molecule has 2 atom stereocenters. The maximum Gasteiger partial charge on any atom is 0.0917 e. The molecular formula is C18H29NO. The molecule has 0 aromatic heterocycles. The Morgan fingerprint density at radius 3 is 2.55 bits per heavy atom. The second-order valence-electron chi connectivity index (χ2n) is 6.55. The summed E-state index contributed by atoms with van der Waals surface area (Å²) >= 11 is 0. The molecule has 0 spiro atoms. The molecule has 1 heterocycles. The topological polar surface area (TPSA) is 23.5 Å². The number of aliphatic hydroxyl groups excluding tert-OH is 1. The van der Waals surface area contributed by atoms with E-state index < -0.39 is 0 Å². The first kappa shape index (κ1) is 15.5. The number of nitrogens with zero attached hydrogens (tertiary/aromatic N) is 1. The SMILES string of the molecule is CCC1CCCN1CC(O)c1ccc(CC(C)C)cc1. The van der Waals surface area contributed by atoms with Gasteiger partial charge < -0.3 is 5.11 Å². The second-order valence-corrected chi connectivity index (χ2v) is 6.55. The summed E-state index contributed by atoms with van der Waals surface area (Å²) in [6.45, 7) is 8.64. The lowest BCUT2D eigenvalue weighted by Crippen LogP contribution is -2.32. The van der Waals surface area contributed by atoms with Crippen LogP contribution in [0, 0.1) is 5.92 Å². The van der Waals surface area contributed by atoms with Crippen LogP contribution < -0.4 is 0 Å². The van der Waals surface area contributed by atoms with Crippen molar-refractivity contribution < 1.29 is 5.11 Å². The third kappa shape index (κ3) is 4.07. The fourth-order valence-electron chi connectivity index (χ4n) is 3.27. The van der Waals surface area contributed by atoms with Crippen LogP contribution in [0.2, 0.25) is 0 Å². The first-order valence-electron chi connectivity index (χ1n) is 8.11. The summed E-state index contributed by atoms with van der Waals surface area (Å²) in [6, 6.07) is 9.20. The molecule has 1 aromatic rings. The predicted molar refractivity (Wildman–Crippen MR) is 84.8 cm³/mol. The smallest absolute Gasteiger partial charge is 0.0917 e. The predicted octanol–water partition coefficient (Wildman–Crippen LogP) is 3.79. The van der Waals surface area contributed by atoms with Gasteiger partial charge >= 0.3 is 0 Å². The van der Waals surface area contributed by atoms with Crippen molar-refractivity contribution in [1.29, 1.82) is 0 Å². The quantitative estimate of drug-likeness (QED) is 0.853. The van der Waals surface area contributed by atoms with Gasteiger partial charge in [-0.1, -0.05) is 45.0 Å². The van der Waals surface area contributed by atoms with Crippen LogP contribution in [0.5, 0.6) is 0 Å². The van der Waals surface area contributed by atoms with Gasteiger partial charge in [0, 0.05) is 12.6 Å². The van der Waals surface area contributed by atoms with E-state index in [1.54, 1.807) is 0 Å². The average molecular weight is 275 g/mol. The number of benzene rings is 1. The zero-order valence-electron chi connectivity index (χ0n) is 13.2. The van der Waals surface area contributed by atoms with Crippen molar-refractivity contribution in [2.24, 2.45) is 5.92 Å². The highest BCUT2D eigenvalue weighted by Crippen LogP contribution is 2.24. The molecule has 2 unspecified atom stereocenters. The highest BCUT2D eigenvalue weighted by Gasteiger charge is 2.25. The molecule has 0 radical (unpaired) electrons. The molecule has 20 heavy (non-hydrogen) atoms. The Kier molecular flexibility index (Phi) is 5.62. The molecule has 2 nitrogen and oxygen atoms in total. The van der Waals surface area contributed by atoms with E-state index in [0.717, 1.165) is 25.1 Å². The third-order valence-corrected chi connectivity index (χ3v) is 4.39. The number of β-amino-alcohol motifs (C(OH)–C–C–N with tert-alkyl or cyclic N) is 1.